The second-order valence-electron chi connectivity index (χ2n) is 3.83. The van der Waals surface area contributed by atoms with E-state index in [9.17, 15) is 0 Å². The van der Waals surface area contributed by atoms with Crippen molar-refractivity contribution in [3.63, 3.8) is 0 Å². The molecule has 0 unspecified atom stereocenters. The van der Waals surface area contributed by atoms with Gasteiger partial charge in [-0.3, -0.25) is 0 Å². The van der Waals surface area contributed by atoms with Gasteiger partial charge in [0.2, 0.25) is 0 Å². The highest BCUT2D eigenvalue weighted by Crippen LogP contribution is 2.22. The molecular weight excluding hydrogens is 329 g/mol. The van der Waals surface area contributed by atoms with Crippen LogP contribution in [0.3, 0.4) is 0 Å². The molecule has 2 heterocycles. The molecule has 17 heavy (non-hydrogen) atoms. The van der Waals surface area contributed by atoms with E-state index in [2.05, 4.69) is 44.5 Å². The van der Waals surface area contributed by atoms with Crippen molar-refractivity contribution in [2.24, 2.45) is 7.05 Å². The molecule has 0 radical (unpaired) electrons. The van der Waals surface area contributed by atoms with E-state index in [0.717, 1.165) is 27.8 Å². The number of hydrogen-bond donors (Lipinski definition) is 1. The number of aryl methyl sites for hydroxylation is 2. The van der Waals surface area contributed by atoms with Crippen LogP contribution in [0.25, 0.3) is 11.5 Å². The lowest BCUT2D eigenvalue weighted by atomic mass is 10.2. The monoisotopic (exact) mass is 343 g/mol. The maximum absolute atomic E-state index is 5.92. The van der Waals surface area contributed by atoms with Crippen LogP contribution in [0.15, 0.2) is 12.5 Å². The Bertz CT molecular complexity index is 535. The SMILES string of the molecule is CCCc1nc(-c2cncn2C)nc(N)c1I. The molecule has 0 saturated heterocycles. The predicted molar refractivity (Wildman–Crippen MR) is 75.4 cm³/mol. The Labute approximate surface area is 114 Å². The third kappa shape index (κ3) is 2.41. The molecule has 0 amide bonds. The number of nitrogens with zero attached hydrogens (tertiary/aromatic N) is 4. The number of nitrogens with two attached hydrogens (primary N) is 1. The summed E-state index contributed by atoms with van der Waals surface area (Å²) in [6.07, 6.45) is 5.43. The molecule has 90 valence electrons. The number of aromatic nitrogens is 4. The van der Waals surface area contributed by atoms with Gasteiger partial charge in [0.1, 0.15) is 11.5 Å². The number of anilines is 1. The smallest absolute Gasteiger partial charge is 0.180 e. The van der Waals surface area contributed by atoms with Gasteiger partial charge in [-0.15, -0.1) is 0 Å². The molecule has 0 aliphatic heterocycles. The van der Waals surface area contributed by atoms with Gasteiger partial charge in [0.15, 0.2) is 5.82 Å². The molecule has 0 saturated carbocycles. The van der Waals surface area contributed by atoms with E-state index in [1.807, 2.05) is 11.6 Å². The summed E-state index contributed by atoms with van der Waals surface area (Å²) in [6.45, 7) is 2.12. The van der Waals surface area contributed by atoms with E-state index in [1.54, 1.807) is 12.5 Å². The molecule has 0 atom stereocenters. The number of nitrogen functional groups attached to an aromatic ring is 1. The van der Waals surface area contributed by atoms with Gasteiger partial charge in [0.25, 0.3) is 0 Å². The highest BCUT2D eigenvalue weighted by molar-refractivity contribution is 14.1. The summed E-state index contributed by atoms with van der Waals surface area (Å²) in [7, 11) is 1.92. The summed E-state index contributed by atoms with van der Waals surface area (Å²) in [5, 5.41) is 0. The molecular formula is C11H14IN5. The quantitative estimate of drug-likeness (QED) is 0.866. The van der Waals surface area contributed by atoms with Gasteiger partial charge in [-0.2, -0.15) is 0 Å². The van der Waals surface area contributed by atoms with E-state index in [4.69, 9.17) is 5.73 Å². The summed E-state index contributed by atoms with van der Waals surface area (Å²) in [5.74, 6) is 1.19. The molecule has 0 aliphatic rings. The molecule has 2 rings (SSSR count). The van der Waals surface area contributed by atoms with Gasteiger partial charge < -0.3 is 10.3 Å². The van der Waals surface area contributed by atoms with E-state index in [0.29, 0.717) is 11.6 Å². The van der Waals surface area contributed by atoms with Crippen molar-refractivity contribution in [3.05, 3.63) is 21.8 Å². The first-order valence-electron chi connectivity index (χ1n) is 5.42. The largest absolute Gasteiger partial charge is 0.383 e. The van der Waals surface area contributed by atoms with E-state index in [1.165, 1.54) is 0 Å². The van der Waals surface area contributed by atoms with Gasteiger partial charge in [0, 0.05) is 7.05 Å². The first kappa shape index (κ1) is 12.3. The first-order valence-corrected chi connectivity index (χ1v) is 6.50. The molecule has 2 aromatic heterocycles. The van der Waals surface area contributed by atoms with Crippen LogP contribution in [0, 0.1) is 3.57 Å². The topological polar surface area (TPSA) is 69.6 Å². The molecule has 0 aliphatic carbocycles. The molecule has 6 heteroatoms. The molecule has 0 spiro atoms. The third-order valence-electron chi connectivity index (χ3n) is 2.48. The number of halogens is 1. The Balaban J connectivity index is 2.53. The maximum atomic E-state index is 5.92. The molecule has 2 N–H and O–H groups in total. The van der Waals surface area contributed by atoms with E-state index < -0.39 is 0 Å². The summed E-state index contributed by atoms with van der Waals surface area (Å²) in [6, 6.07) is 0. The Hall–Kier alpha value is -1.18. The fourth-order valence-corrected chi connectivity index (χ4v) is 2.11. The summed E-state index contributed by atoms with van der Waals surface area (Å²) < 4.78 is 2.84. The van der Waals surface area contributed by atoms with Crippen LogP contribution in [0.4, 0.5) is 5.82 Å². The van der Waals surface area contributed by atoms with E-state index >= 15 is 0 Å². The minimum Gasteiger partial charge on any atom is -0.383 e. The first-order chi connectivity index (χ1) is 8.13. The number of hydrogen-bond acceptors (Lipinski definition) is 4. The van der Waals surface area contributed by atoms with Crippen LogP contribution in [-0.4, -0.2) is 19.5 Å². The number of rotatable bonds is 3. The average Bonchev–Trinajstić information content (AvgIpc) is 2.71. The van der Waals surface area contributed by atoms with Gasteiger partial charge in [0.05, 0.1) is 21.8 Å². The Kier molecular flexibility index (Phi) is 3.60. The van der Waals surface area contributed by atoms with Crippen LogP contribution in [-0.2, 0) is 13.5 Å². The lowest BCUT2D eigenvalue weighted by Crippen LogP contribution is -2.06. The minimum absolute atomic E-state index is 0.542. The van der Waals surface area contributed by atoms with Crippen molar-refractivity contribution in [2.75, 3.05) is 5.73 Å². The molecule has 0 aromatic carbocycles. The van der Waals surface area contributed by atoms with Crippen LogP contribution < -0.4 is 5.73 Å². The highest BCUT2D eigenvalue weighted by Gasteiger charge is 2.12. The van der Waals surface area contributed by atoms with Crippen LogP contribution in [0.5, 0.6) is 0 Å². The van der Waals surface area contributed by atoms with Gasteiger partial charge in [-0.1, -0.05) is 13.3 Å². The van der Waals surface area contributed by atoms with Crippen molar-refractivity contribution < 1.29 is 0 Å². The van der Waals surface area contributed by atoms with Crippen molar-refractivity contribution in [2.45, 2.75) is 19.8 Å². The Morgan fingerprint density at radius 3 is 2.76 bits per heavy atom. The van der Waals surface area contributed by atoms with Gasteiger partial charge in [-0.25, -0.2) is 15.0 Å². The van der Waals surface area contributed by atoms with Crippen molar-refractivity contribution in [1.29, 1.82) is 0 Å². The predicted octanol–water partition coefficient (Wildman–Crippen LogP) is 2.02. The van der Waals surface area contributed by atoms with Gasteiger partial charge in [-0.05, 0) is 29.0 Å². The van der Waals surface area contributed by atoms with Crippen molar-refractivity contribution in [1.82, 2.24) is 19.5 Å². The van der Waals surface area contributed by atoms with Crippen LogP contribution in [0.2, 0.25) is 0 Å². The fraction of sp³-hybridized carbons (Fsp3) is 0.364. The summed E-state index contributed by atoms with van der Waals surface area (Å²) in [5.41, 5.74) is 7.81. The van der Waals surface area contributed by atoms with Crippen LogP contribution in [0.1, 0.15) is 19.0 Å². The van der Waals surface area contributed by atoms with Crippen LogP contribution >= 0.6 is 22.6 Å². The molecule has 2 aromatic rings. The Morgan fingerprint density at radius 2 is 2.18 bits per heavy atom. The highest BCUT2D eigenvalue weighted by atomic mass is 127. The molecule has 0 fully saturated rings. The zero-order valence-electron chi connectivity index (χ0n) is 9.81. The van der Waals surface area contributed by atoms with Crippen molar-refractivity contribution in [3.8, 4) is 11.5 Å². The lowest BCUT2D eigenvalue weighted by Gasteiger charge is -2.08. The Morgan fingerprint density at radius 1 is 1.41 bits per heavy atom. The summed E-state index contributed by atoms with van der Waals surface area (Å²) >= 11 is 2.20. The number of imidazole rings is 1. The normalized spacial score (nSPS) is 10.8. The second-order valence-corrected chi connectivity index (χ2v) is 4.91. The molecule has 0 bridgehead atoms. The average molecular weight is 343 g/mol. The van der Waals surface area contributed by atoms with Crippen molar-refractivity contribution >= 4 is 28.4 Å². The fourth-order valence-electron chi connectivity index (χ4n) is 1.60. The minimum atomic E-state index is 0.542. The second kappa shape index (κ2) is 4.99. The summed E-state index contributed by atoms with van der Waals surface area (Å²) in [4.78, 5) is 13.0. The van der Waals surface area contributed by atoms with Gasteiger partial charge >= 0.3 is 0 Å². The standard InChI is InChI=1S/C11H14IN5/c1-3-4-7-9(12)10(13)16-11(15-7)8-5-14-6-17(8)2/h5-6H,3-4H2,1-2H3,(H2,13,15,16). The lowest BCUT2D eigenvalue weighted by molar-refractivity contribution is 0.857. The maximum Gasteiger partial charge on any atom is 0.180 e. The van der Waals surface area contributed by atoms with E-state index in [-0.39, 0.29) is 0 Å². The third-order valence-corrected chi connectivity index (χ3v) is 3.65. The zero-order chi connectivity index (χ0) is 12.4. The zero-order valence-corrected chi connectivity index (χ0v) is 12.0. The molecule has 5 nitrogen and oxygen atoms in total.